The molecule has 5 nitrogen and oxygen atoms in total. The van der Waals surface area contributed by atoms with E-state index in [1.165, 1.54) is 24.6 Å². The molecule has 2 rings (SSSR count). The maximum Gasteiger partial charge on any atom is 0.348 e. The van der Waals surface area contributed by atoms with Crippen LogP contribution in [0.25, 0.3) is 11.3 Å². The standard InChI is InChI=1S/C9H8N2O3S/c1-13-9(12)8-5(2-3-15-8)7-6(10)4-11-14-7/h2-4H,10H2,1H3. The van der Waals surface area contributed by atoms with Crippen LogP contribution in [0.3, 0.4) is 0 Å². The highest BCUT2D eigenvalue weighted by atomic mass is 32.1. The molecular formula is C9H8N2O3S. The molecule has 0 aromatic carbocycles. The summed E-state index contributed by atoms with van der Waals surface area (Å²) in [6.07, 6.45) is 1.40. The number of rotatable bonds is 2. The van der Waals surface area contributed by atoms with Crippen LogP contribution in [0.15, 0.2) is 22.2 Å². The molecule has 2 aromatic rings. The lowest BCUT2D eigenvalue weighted by molar-refractivity contribution is 0.0607. The van der Waals surface area contributed by atoms with E-state index in [0.717, 1.165) is 0 Å². The van der Waals surface area contributed by atoms with E-state index in [-0.39, 0.29) is 0 Å². The molecule has 2 heterocycles. The van der Waals surface area contributed by atoms with Crippen molar-refractivity contribution in [2.45, 2.75) is 0 Å². The van der Waals surface area contributed by atoms with Crippen molar-refractivity contribution >= 4 is 23.0 Å². The molecule has 0 fully saturated rings. The molecule has 0 aliphatic heterocycles. The molecule has 0 aliphatic carbocycles. The Hall–Kier alpha value is -1.82. The van der Waals surface area contributed by atoms with Gasteiger partial charge in [0.15, 0.2) is 5.76 Å². The van der Waals surface area contributed by atoms with E-state index >= 15 is 0 Å². The van der Waals surface area contributed by atoms with Gasteiger partial charge in [0.05, 0.1) is 13.3 Å². The SMILES string of the molecule is COC(=O)c1sccc1-c1oncc1N. The molecule has 78 valence electrons. The first-order valence-electron chi connectivity index (χ1n) is 4.10. The van der Waals surface area contributed by atoms with Crippen molar-refractivity contribution in [3.8, 4) is 11.3 Å². The van der Waals surface area contributed by atoms with Gasteiger partial charge in [0.25, 0.3) is 0 Å². The van der Waals surface area contributed by atoms with Gasteiger partial charge in [-0.05, 0) is 11.4 Å². The lowest BCUT2D eigenvalue weighted by Crippen LogP contribution is -2.00. The summed E-state index contributed by atoms with van der Waals surface area (Å²) in [5, 5.41) is 5.32. The average Bonchev–Trinajstić information content (AvgIpc) is 2.84. The van der Waals surface area contributed by atoms with E-state index in [9.17, 15) is 4.79 Å². The van der Waals surface area contributed by atoms with E-state index < -0.39 is 5.97 Å². The minimum Gasteiger partial charge on any atom is -0.465 e. The lowest BCUT2D eigenvalue weighted by atomic mass is 10.2. The predicted molar refractivity (Wildman–Crippen MR) is 55.6 cm³/mol. The number of hydrogen-bond donors (Lipinski definition) is 1. The molecule has 6 heteroatoms. The Labute approximate surface area is 89.4 Å². The number of aromatic nitrogens is 1. The topological polar surface area (TPSA) is 78.3 Å². The van der Waals surface area contributed by atoms with Crippen LogP contribution >= 0.6 is 11.3 Å². The fraction of sp³-hybridized carbons (Fsp3) is 0.111. The minimum atomic E-state index is -0.407. The molecule has 2 N–H and O–H groups in total. The molecule has 15 heavy (non-hydrogen) atoms. The number of carbonyl (C=O) groups is 1. The lowest BCUT2D eigenvalue weighted by Gasteiger charge is -1.98. The number of ether oxygens (including phenoxy) is 1. The molecule has 0 aliphatic rings. The van der Waals surface area contributed by atoms with Gasteiger partial charge in [0.2, 0.25) is 0 Å². The number of nitrogens with zero attached hydrogens (tertiary/aromatic N) is 1. The van der Waals surface area contributed by atoms with Gasteiger partial charge in [-0.25, -0.2) is 4.79 Å². The van der Waals surface area contributed by atoms with Crippen LogP contribution in [-0.4, -0.2) is 18.2 Å². The van der Waals surface area contributed by atoms with Crippen molar-refractivity contribution in [2.24, 2.45) is 0 Å². The van der Waals surface area contributed by atoms with Gasteiger partial charge in [-0.15, -0.1) is 11.3 Å². The largest absolute Gasteiger partial charge is 0.465 e. The number of hydrogen-bond acceptors (Lipinski definition) is 6. The summed E-state index contributed by atoms with van der Waals surface area (Å²) in [5.74, 6) is -0.00699. The second kappa shape index (κ2) is 3.74. The Morgan fingerprint density at radius 1 is 1.67 bits per heavy atom. The van der Waals surface area contributed by atoms with Gasteiger partial charge < -0.3 is 15.0 Å². The van der Waals surface area contributed by atoms with Crippen LogP contribution in [0.5, 0.6) is 0 Å². The molecule has 0 bridgehead atoms. The second-order valence-electron chi connectivity index (χ2n) is 2.77. The van der Waals surface area contributed by atoms with Crippen molar-refractivity contribution in [1.29, 1.82) is 0 Å². The zero-order chi connectivity index (χ0) is 10.8. The van der Waals surface area contributed by atoms with Gasteiger partial charge >= 0.3 is 5.97 Å². The first-order valence-corrected chi connectivity index (χ1v) is 4.98. The Morgan fingerprint density at radius 2 is 2.47 bits per heavy atom. The number of anilines is 1. The summed E-state index contributed by atoms with van der Waals surface area (Å²) in [6, 6.07) is 1.74. The molecule has 2 aromatic heterocycles. The average molecular weight is 224 g/mol. The first-order chi connectivity index (χ1) is 7.24. The summed E-state index contributed by atoms with van der Waals surface area (Å²) >= 11 is 1.27. The normalized spacial score (nSPS) is 10.2. The Bertz CT molecular complexity index is 489. The van der Waals surface area contributed by atoms with Gasteiger partial charge in [-0.2, -0.15) is 0 Å². The Balaban J connectivity index is 2.50. The van der Waals surface area contributed by atoms with Crippen LogP contribution in [0.1, 0.15) is 9.67 Å². The van der Waals surface area contributed by atoms with Gasteiger partial charge in [0, 0.05) is 5.56 Å². The van der Waals surface area contributed by atoms with Crippen LogP contribution < -0.4 is 5.73 Å². The van der Waals surface area contributed by atoms with Crippen molar-refractivity contribution < 1.29 is 14.1 Å². The number of carbonyl (C=O) groups excluding carboxylic acids is 1. The monoisotopic (exact) mass is 224 g/mol. The third-order valence-electron chi connectivity index (χ3n) is 1.88. The maximum atomic E-state index is 11.4. The molecule has 0 unspecified atom stereocenters. The van der Waals surface area contributed by atoms with Crippen LogP contribution in [-0.2, 0) is 4.74 Å². The molecule has 0 saturated carbocycles. The fourth-order valence-corrected chi connectivity index (χ4v) is 2.00. The van der Waals surface area contributed by atoms with Crippen molar-refractivity contribution in [2.75, 3.05) is 12.8 Å². The fourth-order valence-electron chi connectivity index (χ4n) is 1.19. The molecule has 0 spiro atoms. The van der Waals surface area contributed by atoms with Gasteiger partial charge in [-0.1, -0.05) is 5.16 Å². The number of nitrogens with two attached hydrogens (primary N) is 1. The predicted octanol–water partition coefficient (Wildman–Crippen LogP) is 1.77. The third kappa shape index (κ3) is 1.59. The number of nitrogen functional groups attached to an aromatic ring is 1. The van der Waals surface area contributed by atoms with Gasteiger partial charge in [-0.3, -0.25) is 0 Å². The van der Waals surface area contributed by atoms with Crippen LogP contribution in [0, 0.1) is 0 Å². The van der Waals surface area contributed by atoms with Crippen LogP contribution in [0.2, 0.25) is 0 Å². The zero-order valence-corrected chi connectivity index (χ0v) is 8.71. The Morgan fingerprint density at radius 3 is 3.07 bits per heavy atom. The summed E-state index contributed by atoms with van der Waals surface area (Å²) < 4.78 is 9.61. The Kier molecular flexibility index (Phi) is 2.42. The molecule has 0 saturated heterocycles. The van der Waals surface area contributed by atoms with Crippen molar-refractivity contribution in [1.82, 2.24) is 5.16 Å². The summed E-state index contributed by atoms with van der Waals surface area (Å²) in [6.45, 7) is 0. The summed E-state index contributed by atoms with van der Waals surface area (Å²) in [4.78, 5) is 11.8. The zero-order valence-electron chi connectivity index (χ0n) is 7.89. The smallest absolute Gasteiger partial charge is 0.348 e. The van der Waals surface area contributed by atoms with E-state index in [4.69, 9.17) is 10.3 Å². The third-order valence-corrected chi connectivity index (χ3v) is 2.77. The molecule has 0 atom stereocenters. The van der Waals surface area contributed by atoms with E-state index in [2.05, 4.69) is 9.89 Å². The van der Waals surface area contributed by atoms with Gasteiger partial charge in [0.1, 0.15) is 10.6 Å². The highest BCUT2D eigenvalue weighted by molar-refractivity contribution is 7.12. The highest BCUT2D eigenvalue weighted by Gasteiger charge is 2.19. The summed E-state index contributed by atoms with van der Waals surface area (Å²) in [7, 11) is 1.33. The van der Waals surface area contributed by atoms with Crippen molar-refractivity contribution in [3.63, 3.8) is 0 Å². The van der Waals surface area contributed by atoms with E-state index in [1.807, 2.05) is 0 Å². The van der Waals surface area contributed by atoms with E-state index in [1.54, 1.807) is 11.4 Å². The number of thiophene rings is 1. The summed E-state index contributed by atoms with van der Waals surface area (Å²) in [5.41, 5.74) is 6.65. The first kappa shape index (κ1) is 9.72. The molecule has 0 amide bonds. The van der Waals surface area contributed by atoms with Crippen LogP contribution in [0.4, 0.5) is 5.69 Å². The maximum absolute atomic E-state index is 11.4. The van der Waals surface area contributed by atoms with Crippen molar-refractivity contribution in [3.05, 3.63) is 22.5 Å². The molecule has 0 radical (unpaired) electrons. The quantitative estimate of drug-likeness (QED) is 0.786. The molecular weight excluding hydrogens is 216 g/mol. The number of methoxy groups -OCH3 is 1. The second-order valence-corrected chi connectivity index (χ2v) is 3.68. The van der Waals surface area contributed by atoms with E-state index in [0.29, 0.717) is 21.9 Å². The minimum absolute atomic E-state index is 0.400. The number of esters is 1. The highest BCUT2D eigenvalue weighted by Crippen LogP contribution is 2.32.